The molecule has 4 aromatic rings. The van der Waals surface area contributed by atoms with Gasteiger partial charge in [0.05, 0.1) is 27.4 Å². The van der Waals surface area contributed by atoms with Crippen molar-refractivity contribution in [3.63, 3.8) is 0 Å². The van der Waals surface area contributed by atoms with Gasteiger partial charge in [-0.3, -0.25) is 0 Å². The Morgan fingerprint density at radius 3 is 2.33 bits per heavy atom. The van der Waals surface area contributed by atoms with Gasteiger partial charge in [-0.15, -0.1) is 11.3 Å². The van der Waals surface area contributed by atoms with Gasteiger partial charge in [0, 0.05) is 17.1 Å². The molecule has 1 atom stereocenters. The molecule has 0 aliphatic carbocycles. The number of nitrogens with zero attached hydrogens (tertiary/aromatic N) is 1. The van der Waals surface area contributed by atoms with Gasteiger partial charge in [-0.05, 0) is 34.5 Å². The molecule has 0 saturated heterocycles. The monoisotopic (exact) mass is 422 g/mol. The topological polar surface area (TPSA) is 72.8 Å². The van der Waals surface area contributed by atoms with Crippen LogP contribution in [0.5, 0.6) is 23.0 Å². The van der Waals surface area contributed by atoms with Crippen molar-refractivity contribution in [1.82, 2.24) is 4.98 Å². The van der Waals surface area contributed by atoms with Crippen molar-refractivity contribution in [2.24, 2.45) is 0 Å². The lowest BCUT2D eigenvalue weighted by atomic mass is 9.92. The quantitative estimate of drug-likeness (QED) is 0.425. The summed E-state index contributed by atoms with van der Waals surface area (Å²) in [5.41, 5.74) is 1.59. The van der Waals surface area contributed by atoms with E-state index in [2.05, 4.69) is 10.3 Å². The molecule has 1 unspecified atom stereocenters. The molecule has 154 valence electrons. The highest BCUT2D eigenvalue weighted by atomic mass is 32.1. The first kappa shape index (κ1) is 19.8. The van der Waals surface area contributed by atoms with Crippen molar-refractivity contribution in [1.29, 1.82) is 0 Å². The summed E-state index contributed by atoms with van der Waals surface area (Å²) in [4.78, 5) is 4.37. The number of aromatic nitrogens is 1. The summed E-state index contributed by atoms with van der Waals surface area (Å²) in [7, 11) is 4.74. The number of thiazole rings is 1. The van der Waals surface area contributed by atoms with E-state index in [0.29, 0.717) is 17.2 Å². The number of ether oxygens (including phenoxy) is 3. The third kappa shape index (κ3) is 3.59. The molecule has 2 N–H and O–H groups in total. The number of benzene rings is 3. The number of methoxy groups -OCH3 is 3. The molecule has 0 radical (unpaired) electrons. The summed E-state index contributed by atoms with van der Waals surface area (Å²) in [6.07, 6.45) is 1.74. The Morgan fingerprint density at radius 2 is 1.70 bits per heavy atom. The highest BCUT2D eigenvalue weighted by Crippen LogP contribution is 2.44. The fourth-order valence-electron chi connectivity index (χ4n) is 3.60. The largest absolute Gasteiger partial charge is 0.508 e. The molecule has 0 spiro atoms. The Bertz CT molecular complexity index is 1140. The number of rotatable bonds is 7. The highest BCUT2D eigenvalue weighted by Gasteiger charge is 2.25. The Morgan fingerprint density at radius 1 is 0.967 bits per heavy atom. The minimum atomic E-state index is -0.407. The number of hydrogen-bond acceptors (Lipinski definition) is 7. The van der Waals surface area contributed by atoms with Crippen LogP contribution in [0.15, 0.2) is 60.1 Å². The smallest absolute Gasteiger partial charge is 0.203 e. The van der Waals surface area contributed by atoms with Crippen LogP contribution in [0.2, 0.25) is 0 Å². The Hall–Kier alpha value is -3.45. The molecule has 0 saturated carbocycles. The first-order valence-electron chi connectivity index (χ1n) is 9.32. The summed E-state index contributed by atoms with van der Waals surface area (Å²) < 4.78 is 16.6. The van der Waals surface area contributed by atoms with Gasteiger partial charge in [0.2, 0.25) is 5.75 Å². The number of phenolic OH excluding ortho intramolecular Hbond substituents is 1. The average Bonchev–Trinajstić information content (AvgIpc) is 3.30. The van der Waals surface area contributed by atoms with E-state index in [4.69, 9.17) is 14.2 Å². The zero-order valence-electron chi connectivity index (χ0n) is 16.9. The van der Waals surface area contributed by atoms with Gasteiger partial charge in [-0.1, -0.05) is 30.3 Å². The molecule has 1 heterocycles. The standard InChI is InChI=1S/C23H22N2O4S/c1-27-18-12-15(13-19(28-2)22(18)29-3)21(25-23-24-10-11-30-23)20-16-7-5-4-6-14(16)8-9-17(20)26/h4-13,21,26H,1-3H3,(H,24,25). The van der Waals surface area contributed by atoms with E-state index < -0.39 is 6.04 Å². The molecular weight excluding hydrogens is 400 g/mol. The first-order valence-corrected chi connectivity index (χ1v) is 10.2. The second-order valence-electron chi connectivity index (χ2n) is 6.59. The maximum Gasteiger partial charge on any atom is 0.203 e. The average molecular weight is 423 g/mol. The maximum atomic E-state index is 10.9. The number of hydrogen-bond donors (Lipinski definition) is 2. The minimum absolute atomic E-state index is 0.191. The lowest BCUT2D eigenvalue weighted by Crippen LogP contribution is -2.14. The van der Waals surface area contributed by atoms with Gasteiger partial charge in [-0.25, -0.2) is 4.98 Å². The van der Waals surface area contributed by atoms with Crippen LogP contribution in [0, 0.1) is 0 Å². The highest BCUT2D eigenvalue weighted by molar-refractivity contribution is 7.13. The molecule has 0 aliphatic heterocycles. The van der Waals surface area contributed by atoms with Crippen molar-refractivity contribution >= 4 is 27.2 Å². The van der Waals surface area contributed by atoms with Crippen LogP contribution >= 0.6 is 11.3 Å². The second kappa shape index (κ2) is 8.51. The third-order valence-corrected chi connectivity index (χ3v) is 5.66. The fourth-order valence-corrected chi connectivity index (χ4v) is 4.15. The molecule has 3 aromatic carbocycles. The summed E-state index contributed by atoms with van der Waals surface area (Å²) in [5, 5.41) is 19.0. The molecule has 4 rings (SSSR count). The van der Waals surface area contributed by atoms with Crippen LogP contribution < -0.4 is 19.5 Å². The van der Waals surface area contributed by atoms with Crippen LogP contribution in [0.1, 0.15) is 17.2 Å². The number of anilines is 1. The number of fused-ring (bicyclic) bond motifs is 1. The number of nitrogens with one attached hydrogen (secondary N) is 1. The third-order valence-electron chi connectivity index (χ3n) is 4.96. The first-order chi connectivity index (χ1) is 14.7. The van der Waals surface area contributed by atoms with E-state index in [1.165, 1.54) is 11.3 Å². The lowest BCUT2D eigenvalue weighted by Gasteiger charge is -2.24. The van der Waals surface area contributed by atoms with Crippen molar-refractivity contribution in [3.8, 4) is 23.0 Å². The second-order valence-corrected chi connectivity index (χ2v) is 7.49. The fraction of sp³-hybridized carbons (Fsp3) is 0.174. The van der Waals surface area contributed by atoms with Crippen molar-refractivity contribution in [3.05, 3.63) is 71.2 Å². The van der Waals surface area contributed by atoms with Crippen LogP contribution in [-0.2, 0) is 0 Å². The van der Waals surface area contributed by atoms with E-state index in [1.54, 1.807) is 33.6 Å². The summed E-state index contributed by atoms with van der Waals surface area (Å²) >= 11 is 1.49. The summed E-state index contributed by atoms with van der Waals surface area (Å²) in [6.45, 7) is 0. The minimum Gasteiger partial charge on any atom is -0.508 e. The molecule has 0 aliphatic rings. The number of aromatic hydroxyl groups is 1. The Kier molecular flexibility index (Phi) is 5.63. The zero-order valence-corrected chi connectivity index (χ0v) is 17.7. The predicted octanol–water partition coefficient (Wildman–Crippen LogP) is 5.23. The molecule has 0 fully saturated rings. The normalized spacial score (nSPS) is 11.8. The molecule has 6 nitrogen and oxygen atoms in total. The van der Waals surface area contributed by atoms with Crippen LogP contribution in [0.25, 0.3) is 10.8 Å². The van der Waals surface area contributed by atoms with Crippen molar-refractivity contribution in [2.45, 2.75) is 6.04 Å². The molecule has 0 amide bonds. The van der Waals surface area contributed by atoms with Gasteiger partial charge in [0.15, 0.2) is 16.6 Å². The Balaban J connectivity index is 1.96. The maximum absolute atomic E-state index is 10.9. The van der Waals surface area contributed by atoms with Gasteiger partial charge < -0.3 is 24.6 Å². The Labute approximate surface area is 178 Å². The van der Waals surface area contributed by atoms with Gasteiger partial charge in [0.25, 0.3) is 0 Å². The van der Waals surface area contributed by atoms with Gasteiger partial charge in [0.1, 0.15) is 5.75 Å². The van der Waals surface area contributed by atoms with Crippen molar-refractivity contribution < 1.29 is 19.3 Å². The zero-order chi connectivity index (χ0) is 21.1. The van der Waals surface area contributed by atoms with E-state index >= 15 is 0 Å². The predicted molar refractivity (Wildman–Crippen MR) is 119 cm³/mol. The molecule has 7 heteroatoms. The van der Waals surface area contributed by atoms with Crippen LogP contribution in [-0.4, -0.2) is 31.4 Å². The lowest BCUT2D eigenvalue weighted by molar-refractivity contribution is 0.323. The van der Waals surface area contributed by atoms with Crippen LogP contribution in [0.4, 0.5) is 5.13 Å². The van der Waals surface area contributed by atoms with Gasteiger partial charge >= 0.3 is 0 Å². The molecule has 0 bridgehead atoms. The summed E-state index contributed by atoms with van der Waals surface area (Å²) in [6, 6.07) is 14.9. The SMILES string of the molecule is COc1cc(C(Nc2nccs2)c2c(O)ccc3ccccc23)cc(OC)c1OC. The molecule has 30 heavy (non-hydrogen) atoms. The van der Waals surface area contributed by atoms with E-state index in [-0.39, 0.29) is 5.75 Å². The van der Waals surface area contributed by atoms with E-state index in [9.17, 15) is 5.11 Å². The molecular formula is C23H22N2O4S. The van der Waals surface area contributed by atoms with E-state index in [1.807, 2.05) is 47.8 Å². The molecule has 1 aromatic heterocycles. The van der Waals surface area contributed by atoms with Crippen molar-refractivity contribution in [2.75, 3.05) is 26.6 Å². The van der Waals surface area contributed by atoms with Crippen LogP contribution in [0.3, 0.4) is 0 Å². The summed E-state index contributed by atoms with van der Waals surface area (Å²) in [5.74, 6) is 1.78. The number of phenols is 1. The van der Waals surface area contributed by atoms with E-state index in [0.717, 1.165) is 27.0 Å². The van der Waals surface area contributed by atoms with Gasteiger partial charge in [-0.2, -0.15) is 0 Å².